The number of hydrogen-bond donors (Lipinski definition) is 3. The first-order valence-corrected chi connectivity index (χ1v) is 5.12. The Bertz CT molecular complexity index is 486. The summed E-state index contributed by atoms with van der Waals surface area (Å²) in [7, 11) is 0. The predicted octanol–water partition coefficient (Wildman–Crippen LogP) is 0.154. The van der Waals surface area contributed by atoms with Crippen molar-refractivity contribution in [3.05, 3.63) is 23.8 Å². The number of carbonyl (C=O) groups excluding carboxylic acids is 1. The summed E-state index contributed by atoms with van der Waals surface area (Å²) in [6, 6.07) is 3.98. The minimum Gasteiger partial charge on any atom is -0.505 e. The lowest BCUT2D eigenvalue weighted by atomic mass is 10.1. The molecule has 1 atom stereocenters. The maximum atomic E-state index is 11.6. The molecule has 90 valence electrons. The molecule has 0 aliphatic carbocycles. The van der Waals surface area contributed by atoms with Crippen molar-refractivity contribution in [2.75, 3.05) is 11.4 Å². The van der Waals surface area contributed by atoms with E-state index in [1.807, 2.05) is 0 Å². The highest BCUT2D eigenvalue weighted by molar-refractivity contribution is 6.00. The zero-order valence-corrected chi connectivity index (χ0v) is 8.96. The molecule has 1 saturated heterocycles. The lowest BCUT2D eigenvalue weighted by Crippen LogP contribution is -2.28. The van der Waals surface area contributed by atoms with Gasteiger partial charge in [-0.3, -0.25) is 4.79 Å². The van der Waals surface area contributed by atoms with Crippen LogP contribution in [0.1, 0.15) is 16.8 Å². The van der Waals surface area contributed by atoms with Crippen molar-refractivity contribution < 1.29 is 19.8 Å². The molecule has 6 heteroatoms. The number of benzene rings is 1. The number of aromatic hydroxyl groups is 1. The molecule has 1 aromatic rings. The van der Waals surface area contributed by atoms with E-state index in [4.69, 9.17) is 10.8 Å². The number of para-hydroxylation sites is 1. The lowest BCUT2D eigenvalue weighted by molar-refractivity contribution is -0.117. The van der Waals surface area contributed by atoms with Gasteiger partial charge in [0.25, 0.3) is 0 Å². The fourth-order valence-corrected chi connectivity index (χ4v) is 1.89. The van der Waals surface area contributed by atoms with E-state index in [0.29, 0.717) is 0 Å². The summed E-state index contributed by atoms with van der Waals surface area (Å²) in [4.78, 5) is 23.8. The summed E-state index contributed by atoms with van der Waals surface area (Å²) in [5.41, 5.74) is 5.61. The number of nitrogens with two attached hydrogens (primary N) is 1. The summed E-state index contributed by atoms with van der Waals surface area (Å²) in [5, 5.41) is 18.7. The molecule has 1 fully saturated rings. The highest BCUT2D eigenvalue weighted by Gasteiger charge is 2.30. The zero-order valence-electron chi connectivity index (χ0n) is 8.96. The molecule has 1 amide bonds. The Labute approximate surface area is 97.3 Å². The third-order valence-corrected chi connectivity index (χ3v) is 2.69. The predicted molar refractivity (Wildman–Crippen MR) is 60.0 cm³/mol. The van der Waals surface area contributed by atoms with Gasteiger partial charge in [-0.1, -0.05) is 6.07 Å². The Hall–Kier alpha value is -2.08. The Kier molecular flexibility index (Phi) is 2.72. The molecule has 0 bridgehead atoms. The quantitative estimate of drug-likeness (QED) is 0.678. The van der Waals surface area contributed by atoms with Gasteiger partial charge in [0.05, 0.1) is 5.69 Å². The van der Waals surface area contributed by atoms with Gasteiger partial charge in [-0.25, -0.2) is 4.79 Å². The summed E-state index contributed by atoms with van der Waals surface area (Å²) >= 11 is 0. The first-order valence-electron chi connectivity index (χ1n) is 5.12. The number of amides is 1. The second-order valence-electron chi connectivity index (χ2n) is 3.95. The molecule has 2 rings (SSSR count). The van der Waals surface area contributed by atoms with E-state index in [1.165, 1.54) is 23.1 Å². The van der Waals surface area contributed by atoms with E-state index < -0.39 is 11.7 Å². The first kappa shape index (κ1) is 11.4. The van der Waals surface area contributed by atoms with Gasteiger partial charge in [-0.2, -0.15) is 0 Å². The number of phenols is 1. The van der Waals surface area contributed by atoms with E-state index in [1.54, 1.807) is 0 Å². The molecule has 0 aromatic heterocycles. The Balaban J connectivity index is 2.43. The number of carboxylic acid groups (broad SMARTS) is 1. The van der Waals surface area contributed by atoms with Gasteiger partial charge in [0, 0.05) is 19.0 Å². The third-order valence-electron chi connectivity index (χ3n) is 2.69. The Morgan fingerprint density at radius 3 is 2.71 bits per heavy atom. The van der Waals surface area contributed by atoms with Crippen molar-refractivity contribution in [3.8, 4) is 5.75 Å². The summed E-state index contributed by atoms with van der Waals surface area (Å²) in [5.74, 6) is -1.85. The van der Waals surface area contributed by atoms with Crippen LogP contribution in [0.3, 0.4) is 0 Å². The molecular formula is C11H12N2O4. The molecule has 0 spiro atoms. The Morgan fingerprint density at radius 2 is 2.18 bits per heavy atom. The molecule has 0 saturated carbocycles. The normalized spacial score (nSPS) is 19.7. The summed E-state index contributed by atoms with van der Waals surface area (Å²) in [6.45, 7) is 0.287. The molecular weight excluding hydrogens is 224 g/mol. The largest absolute Gasteiger partial charge is 0.505 e. The maximum Gasteiger partial charge on any atom is 0.339 e. The number of nitrogens with zero attached hydrogens (tertiary/aromatic N) is 1. The molecule has 0 radical (unpaired) electrons. The van der Waals surface area contributed by atoms with Gasteiger partial charge in [-0.05, 0) is 12.1 Å². The molecule has 4 N–H and O–H groups in total. The first-order chi connectivity index (χ1) is 8.00. The molecule has 6 nitrogen and oxygen atoms in total. The number of carbonyl (C=O) groups is 2. The van der Waals surface area contributed by atoms with Gasteiger partial charge in [-0.15, -0.1) is 0 Å². The monoisotopic (exact) mass is 236 g/mol. The van der Waals surface area contributed by atoms with Gasteiger partial charge in [0.15, 0.2) is 5.75 Å². The summed E-state index contributed by atoms with van der Waals surface area (Å²) in [6.07, 6.45) is 0.205. The van der Waals surface area contributed by atoms with Crippen LogP contribution in [0.4, 0.5) is 5.69 Å². The average Bonchev–Trinajstić information content (AvgIpc) is 2.57. The highest BCUT2D eigenvalue weighted by Crippen LogP contribution is 2.33. The van der Waals surface area contributed by atoms with Crippen LogP contribution in [0, 0.1) is 0 Å². The minimum absolute atomic E-state index is 0.197. The van der Waals surface area contributed by atoms with Crippen LogP contribution in [-0.2, 0) is 4.79 Å². The number of hydrogen-bond acceptors (Lipinski definition) is 4. The fraction of sp³-hybridized carbons (Fsp3) is 0.273. The van der Waals surface area contributed by atoms with Crippen LogP contribution in [-0.4, -0.2) is 34.7 Å². The fourth-order valence-electron chi connectivity index (χ4n) is 1.89. The molecule has 1 aliphatic heterocycles. The molecule has 1 heterocycles. The van der Waals surface area contributed by atoms with Crippen molar-refractivity contribution in [3.63, 3.8) is 0 Å². The van der Waals surface area contributed by atoms with E-state index >= 15 is 0 Å². The van der Waals surface area contributed by atoms with Crippen molar-refractivity contribution >= 4 is 17.6 Å². The van der Waals surface area contributed by atoms with E-state index in [9.17, 15) is 14.7 Å². The van der Waals surface area contributed by atoms with E-state index in [0.717, 1.165) is 0 Å². The van der Waals surface area contributed by atoms with Gasteiger partial charge in [0.2, 0.25) is 5.91 Å². The third kappa shape index (κ3) is 1.94. The Morgan fingerprint density at radius 1 is 1.47 bits per heavy atom. The molecule has 1 unspecified atom stereocenters. The number of carboxylic acids is 1. The molecule has 1 aliphatic rings. The van der Waals surface area contributed by atoms with Gasteiger partial charge >= 0.3 is 5.97 Å². The lowest BCUT2D eigenvalue weighted by Gasteiger charge is -2.18. The average molecular weight is 236 g/mol. The van der Waals surface area contributed by atoms with Crippen LogP contribution in [0.15, 0.2) is 18.2 Å². The van der Waals surface area contributed by atoms with Crippen LogP contribution >= 0.6 is 0 Å². The number of rotatable bonds is 2. The van der Waals surface area contributed by atoms with Crippen molar-refractivity contribution in [2.24, 2.45) is 5.73 Å². The zero-order chi connectivity index (χ0) is 12.6. The minimum atomic E-state index is -1.24. The molecule has 1 aromatic carbocycles. The summed E-state index contributed by atoms with van der Waals surface area (Å²) < 4.78 is 0. The number of aromatic carboxylic acids is 1. The van der Waals surface area contributed by atoms with Crippen LogP contribution in [0.2, 0.25) is 0 Å². The van der Waals surface area contributed by atoms with E-state index in [2.05, 4.69) is 0 Å². The topological polar surface area (TPSA) is 104 Å². The van der Waals surface area contributed by atoms with Crippen molar-refractivity contribution in [1.29, 1.82) is 0 Å². The van der Waals surface area contributed by atoms with Gasteiger partial charge < -0.3 is 20.8 Å². The van der Waals surface area contributed by atoms with Crippen molar-refractivity contribution in [2.45, 2.75) is 12.5 Å². The van der Waals surface area contributed by atoms with Crippen LogP contribution < -0.4 is 10.6 Å². The molecule has 17 heavy (non-hydrogen) atoms. The number of anilines is 1. The maximum absolute atomic E-state index is 11.6. The highest BCUT2D eigenvalue weighted by atomic mass is 16.4. The second-order valence-corrected chi connectivity index (χ2v) is 3.95. The van der Waals surface area contributed by atoms with Crippen LogP contribution in [0.25, 0.3) is 0 Å². The van der Waals surface area contributed by atoms with E-state index in [-0.39, 0.29) is 36.2 Å². The SMILES string of the molecule is NC1CC(=O)N(c2cccc(C(=O)O)c2O)C1. The second kappa shape index (κ2) is 4.06. The van der Waals surface area contributed by atoms with Crippen molar-refractivity contribution in [1.82, 2.24) is 0 Å². The van der Waals surface area contributed by atoms with Gasteiger partial charge in [0.1, 0.15) is 5.56 Å². The smallest absolute Gasteiger partial charge is 0.339 e. The standard InChI is InChI=1S/C11H12N2O4/c12-6-4-9(14)13(5-6)8-3-1-2-7(10(8)15)11(16)17/h1-3,6,15H,4-5,12H2,(H,16,17). The van der Waals surface area contributed by atoms with Crippen LogP contribution in [0.5, 0.6) is 5.75 Å².